The Bertz CT molecular complexity index is 312. The first kappa shape index (κ1) is 9.46. The topological polar surface area (TPSA) is 46.2 Å². The van der Waals surface area contributed by atoms with Gasteiger partial charge >= 0.3 is 0 Å². The maximum Gasteiger partial charge on any atom is 0.212 e. The quantitative estimate of drug-likeness (QED) is 0.641. The van der Waals surface area contributed by atoms with Gasteiger partial charge in [-0.1, -0.05) is 20.3 Å². The number of sulfonamides is 1. The molecule has 13 heavy (non-hydrogen) atoms. The van der Waals surface area contributed by atoms with Gasteiger partial charge in [-0.05, 0) is 24.2 Å². The maximum atomic E-state index is 11.4. The van der Waals surface area contributed by atoms with Crippen LogP contribution in [0, 0.1) is 11.3 Å². The second-order valence-electron chi connectivity index (χ2n) is 4.96. The van der Waals surface area contributed by atoms with Crippen LogP contribution >= 0.6 is 0 Å². The minimum atomic E-state index is -2.96. The molecule has 2 aliphatic rings. The van der Waals surface area contributed by atoms with Crippen molar-refractivity contribution in [2.45, 2.75) is 39.2 Å². The first-order valence-electron chi connectivity index (χ1n) is 4.91. The molecule has 3 atom stereocenters. The molecule has 76 valence electrons. The minimum absolute atomic E-state index is 0.00530. The van der Waals surface area contributed by atoms with Crippen molar-refractivity contribution in [3.63, 3.8) is 0 Å². The molecule has 0 radical (unpaired) electrons. The lowest BCUT2D eigenvalue weighted by Gasteiger charge is -2.36. The summed E-state index contributed by atoms with van der Waals surface area (Å²) in [6.07, 6.45) is 3.23. The predicted molar refractivity (Wildman–Crippen MR) is 51.8 cm³/mol. The summed E-state index contributed by atoms with van der Waals surface area (Å²) in [5.41, 5.74) is 0.00530. The van der Waals surface area contributed by atoms with E-state index in [1.165, 1.54) is 6.42 Å². The lowest BCUT2D eigenvalue weighted by Crippen LogP contribution is -2.40. The third kappa shape index (κ3) is 1.62. The van der Waals surface area contributed by atoms with Crippen LogP contribution < -0.4 is 4.72 Å². The normalized spacial score (nSPS) is 48.8. The number of fused-ring (bicyclic) bond motifs is 1. The molecule has 0 aromatic carbocycles. The van der Waals surface area contributed by atoms with Crippen LogP contribution in [-0.2, 0) is 10.0 Å². The number of hydrogen-bond donors (Lipinski definition) is 1. The summed E-state index contributed by atoms with van der Waals surface area (Å²) in [6.45, 7) is 4.30. The summed E-state index contributed by atoms with van der Waals surface area (Å²) in [5, 5.41) is 0. The van der Waals surface area contributed by atoms with Crippen molar-refractivity contribution in [1.29, 1.82) is 0 Å². The van der Waals surface area contributed by atoms with E-state index in [2.05, 4.69) is 18.6 Å². The highest BCUT2D eigenvalue weighted by atomic mass is 32.2. The molecule has 1 N–H and O–H groups in total. The van der Waals surface area contributed by atoms with Crippen molar-refractivity contribution in [3.8, 4) is 0 Å². The Labute approximate surface area is 80.0 Å². The van der Waals surface area contributed by atoms with Gasteiger partial charge in [0.1, 0.15) is 0 Å². The van der Waals surface area contributed by atoms with Crippen molar-refractivity contribution < 1.29 is 8.42 Å². The number of nitrogens with one attached hydrogen (secondary N) is 1. The van der Waals surface area contributed by atoms with E-state index in [0.717, 1.165) is 12.8 Å². The molecule has 1 aliphatic carbocycles. The van der Waals surface area contributed by atoms with Gasteiger partial charge in [-0.15, -0.1) is 0 Å². The molecule has 1 saturated heterocycles. The van der Waals surface area contributed by atoms with Crippen molar-refractivity contribution in [2.75, 3.05) is 5.75 Å². The molecule has 0 amide bonds. The van der Waals surface area contributed by atoms with Gasteiger partial charge in [0.05, 0.1) is 5.75 Å². The Morgan fingerprint density at radius 2 is 2.15 bits per heavy atom. The van der Waals surface area contributed by atoms with Crippen LogP contribution in [-0.4, -0.2) is 20.2 Å². The average Bonchev–Trinajstić information content (AvgIpc) is 2.18. The third-order valence-electron chi connectivity index (χ3n) is 3.53. The molecule has 4 heteroatoms. The molecular weight excluding hydrogens is 186 g/mol. The Balaban J connectivity index is 2.25. The predicted octanol–water partition coefficient (Wildman–Crippen LogP) is 1.11. The smallest absolute Gasteiger partial charge is 0.212 e. The van der Waals surface area contributed by atoms with Crippen molar-refractivity contribution in [3.05, 3.63) is 0 Å². The van der Waals surface area contributed by atoms with Crippen LogP contribution in [0.5, 0.6) is 0 Å². The molecule has 0 aromatic heterocycles. The fourth-order valence-corrected chi connectivity index (χ4v) is 4.72. The van der Waals surface area contributed by atoms with Gasteiger partial charge in [0.15, 0.2) is 0 Å². The summed E-state index contributed by atoms with van der Waals surface area (Å²) in [4.78, 5) is 0. The molecule has 0 aromatic rings. The highest BCUT2D eigenvalue weighted by Gasteiger charge is 2.48. The zero-order valence-corrected chi connectivity index (χ0v) is 9.02. The first-order valence-corrected chi connectivity index (χ1v) is 6.56. The van der Waals surface area contributed by atoms with E-state index in [-0.39, 0.29) is 11.5 Å². The summed E-state index contributed by atoms with van der Waals surface area (Å²) in [7, 11) is -2.96. The molecule has 3 nitrogen and oxygen atoms in total. The van der Waals surface area contributed by atoms with E-state index in [0.29, 0.717) is 11.7 Å². The monoisotopic (exact) mass is 203 g/mol. The zero-order valence-electron chi connectivity index (χ0n) is 8.21. The van der Waals surface area contributed by atoms with Crippen molar-refractivity contribution >= 4 is 10.0 Å². The summed E-state index contributed by atoms with van der Waals surface area (Å²) >= 11 is 0. The largest absolute Gasteiger partial charge is 0.212 e. The molecule has 0 spiro atoms. The van der Waals surface area contributed by atoms with Gasteiger partial charge in [0.25, 0.3) is 0 Å². The number of rotatable bonds is 0. The fraction of sp³-hybridized carbons (Fsp3) is 1.00. The summed E-state index contributed by atoms with van der Waals surface area (Å²) in [5.74, 6) is 0.996. The van der Waals surface area contributed by atoms with Crippen LogP contribution in [0.15, 0.2) is 0 Å². The van der Waals surface area contributed by atoms with Crippen LogP contribution in [0.3, 0.4) is 0 Å². The van der Waals surface area contributed by atoms with Gasteiger partial charge in [0, 0.05) is 6.04 Å². The van der Waals surface area contributed by atoms with Gasteiger partial charge in [-0.2, -0.15) is 0 Å². The second kappa shape index (κ2) is 2.70. The lowest BCUT2D eigenvalue weighted by atomic mass is 9.70. The molecule has 0 bridgehead atoms. The summed E-state index contributed by atoms with van der Waals surface area (Å²) < 4.78 is 25.6. The Morgan fingerprint density at radius 1 is 1.46 bits per heavy atom. The summed E-state index contributed by atoms with van der Waals surface area (Å²) in [6, 6.07) is 0.196. The molecular formula is C9H17NO2S. The van der Waals surface area contributed by atoms with Crippen molar-refractivity contribution in [1.82, 2.24) is 4.72 Å². The Hall–Kier alpha value is -0.0900. The fourth-order valence-electron chi connectivity index (χ4n) is 2.61. The van der Waals surface area contributed by atoms with Gasteiger partial charge in [-0.25, -0.2) is 13.1 Å². The minimum Gasteiger partial charge on any atom is -0.212 e. The molecule has 1 heterocycles. The van der Waals surface area contributed by atoms with E-state index in [9.17, 15) is 8.42 Å². The van der Waals surface area contributed by atoms with E-state index in [4.69, 9.17) is 0 Å². The van der Waals surface area contributed by atoms with Gasteiger partial charge < -0.3 is 0 Å². The standard InChI is InChI=1S/C9H17NO2S/c1-7-3-4-9(2)6-13(11,12)10-8(9)5-7/h7-8,10H,3-6H2,1-2H3/t7?,8-,9+/m0/s1. The SMILES string of the molecule is CC1CC[C@]2(C)CS(=O)(=O)N[C@H]2C1. The van der Waals surface area contributed by atoms with Crippen molar-refractivity contribution in [2.24, 2.45) is 11.3 Å². The van der Waals surface area contributed by atoms with Crippen LogP contribution in [0.25, 0.3) is 0 Å². The maximum absolute atomic E-state index is 11.4. The molecule has 2 fully saturated rings. The van der Waals surface area contributed by atoms with E-state index in [1.54, 1.807) is 0 Å². The Morgan fingerprint density at radius 3 is 2.85 bits per heavy atom. The average molecular weight is 203 g/mol. The van der Waals surface area contributed by atoms with Crippen LogP contribution in [0.2, 0.25) is 0 Å². The highest BCUT2D eigenvalue weighted by Crippen LogP contribution is 2.43. The van der Waals surface area contributed by atoms with Gasteiger partial charge in [-0.3, -0.25) is 0 Å². The molecule has 1 unspecified atom stereocenters. The molecule has 2 rings (SSSR count). The highest BCUT2D eigenvalue weighted by molar-refractivity contribution is 7.89. The second-order valence-corrected chi connectivity index (χ2v) is 6.72. The number of hydrogen-bond acceptors (Lipinski definition) is 2. The third-order valence-corrected chi connectivity index (χ3v) is 5.21. The van der Waals surface area contributed by atoms with Crippen LogP contribution in [0.4, 0.5) is 0 Å². The lowest BCUT2D eigenvalue weighted by molar-refractivity contribution is 0.171. The molecule has 1 aliphatic heterocycles. The van der Waals surface area contributed by atoms with E-state index < -0.39 is 10.0 Å². The molecule has 1 saturated carbocycles. The van der Waals surface area contributed by atoms with E-state index in [1.807, 2.05) is 0 Å². The first-order chi connectivity index (χ1) is 5.91. The van der Waals surface area contributed by atoms with E-state index >= 15 is 0 Å². The Kier molecular flexibility index (Phi) is 1.97. The zero-order chi connectivity index (χ0) is 9.69. The van der Waals surface area contributed by atoms with Crippen LogP contribution in [0.1, 0.15) is 33.1 Å². The van der Waals surface area contributed by atoms with Gasteiger partial charge in [0.2, 0.25) is 10.0 Å².